The van der Waals surface area contributed by atoms with Crippen LogP contribution in [0.1, 0.15) is 36.3 Å². The number of benzene rings is 1. The van der Waals surface area contributed by atoms with Gasteiger partial charge in [-0.3, -0.25) is 4.79 Å². The van der Waals surface area contributed by atoms with Crippen LogP contribution < -0.4 is 5.73 Å². The van der Waals surface area contributed by atoms with E-state index in [2.05, 4.69) is 12.1 Å². The third kappa shape index (κ3) is 2.34. The molecule has 1 saturated carbocycles. The van der Waals surface area contributed by atoms with Crippen LogP contribution in [0.5, 0.6) is 5.88 Å². The first-order chi connectivity index (χ1) is 11.5. The third-order valence-corrected chi connectivity index (χ3v) is 4.96. The van der Waals surface area contributed by atoms with Crippen LogP contribution in [0.25, 0.3) is 22.1 Å². The molecule has 1 aliphatic carbocycles. The van der Waals surface area contributed by atoms with Crippen LogP contribution in [0.2, 0.25) is 5.02 Å². The Bertz CT molecular complexity index is 956. The summed E-state index contributed by atoms with van der Waals surface area (Å²) in [5.41, 5.74) is 5.92. The van der Waals surface area contributed by atoms with Crippen LogP contribution in [-0.4, -0.2) is 20.7 Å². The largest absolute Gasteiger partial charge is 0.494 e. The summed E-state index contributed by atoms with van der Waals surface area (Å²) < 4.78 is 7.04. The molecule has 1 amide bonds. The van der Waals surface area contributed by atoms with Crippen molar-refractivity contribution in [1.82, 2.24) is 9.72 Å². The van der Waals surface area contributed by atoms with Crippen molar-refractivity contribution in [1.29, 1.82) is 0 Å². The van der Waals surface area contributed by atoms with Crippen molar-refractivity contribution < 1.29 is 14.4 Å². The summed E-state index contributed by atoms with van der Waals surface area (Å²) in [7, 11) is 0. The minimum absolute atomic E-state index is 0.0593. The highest BCUT2D eigenvalue weighted by Gasteiger charge is 2.31. The molecular weight excluding hydrogens is 330 g/mol. The molecule has 3 N–H and O–H groups in total. The fraction of sp³-hybridized carbons (Fsp3) is 0.294. The van der Waals surface area contributed by atoms with Crippen molar-refractivity contribution in [2.75, 3.05) is 0 Å². The van der Waals surface area contributed by atoms with E-state index >= 15 is 0 Å². The molecule has 1 atom stereocenters. The quantitative estimate of drug-likeness (QED) is 0.753. The molecule has 1 fully saturated rings. The number of carbonyl (C=O) groups is 1. The number of aromatic nitrogens is 2. The van der Waals surface area contributed by atoms with E-state index in [0.717, 1.165) is 5.39 Å². The maximum atomic E-state index is 11.2. The number of nitrogens with two attached hydrogens (primary N) is 1. The molecule has 124 valence electrons. The molecular formula is C17H16ClN3O3. The van der Waals surface area contributed by atoms with E-state index < -0.39 is 5.91 Å². The van der Waals surface area contributed by atoms with Gasteiger partial charge in [-0.15, -0.1) is 0 Å². The van der Waals surface area contributed by atoms with Gasteiger partial charge in [0.05, 0.1) is 10.4 Å². The summed E-state index contributed by atoms with van der Waals surface area (Å²) in [6.07, 6.45) is 4.26. The van der Waals surface area contributed by atoms with E-state index in [-0.39, 0.29) is 17.6 Å². The Kier molecular flexibility index (Phi) is 3.31. The van der Waals surface area contributed by atoms with Crippen LogP contribution in [0, 0.1) is 5.92 Å². The average molecular weight is 346 g/mol. The van der Waals surface area contributed by atoms with Crippen LogP contribution in [0.15, 0.2) is 28.9 Å². The molecule has 2 heterocycles. The van der Waals surface area contributed by atoms with E-state index in [4.69, 9.17) is 21.9 Å². The van der Waals surface area contributed by atoms with Crippen molar-refractivity contribution >= 4 is 28.3 Å². The molecule has 0 unspecified atom stereocenters. The fourth-order valence-electron chi connectivity index (χ4n) is 3.09. The molecule has 1 aromatic carbocycles. The van der Waals surface area contributed by atoms with Crippen LogP contribution in [0.4, 0.5) is 0 Å². The van der Waals surface area contributed by atoms with Crippen molar-refractivity contribution in [3.63, 3.8) is 0 Å². The lowest BCUT2D eigenvalue weighted by Crippen LogP contribution is -2.10. The molecule has 24 heavy (non-hydrogen) atoms. The second-order valence-electron chi connectivity index (χ2n) is 6.30. The van der Waals surface area contributed by atoms with Gasteiger partial charge in [0.2, 0.25) is 5.88 Å². The highest BCUT2D eigenvalue weighted by Crippen LogP contribution is 2.45. The maximum Gasteiger partial charge on any atom is 0.270 e. The first-order valence-electron chi connectivity index (χ1n) is 7.75. The summed E-state index contributed by atoms with van der Waals surface area (Å²) in [4.78, 5) is 11.2. The molecule has 0 bridgehead atoms. The molecule has 0 saturated heterocycles. The van der Waals surface area contributed by atoms with Gasteiger partial charge < -0.3 is 19.9 Å². The van der Waals surface area contributed by atoms with Gasteiger partial charge in [-0.25, -0.2) is 0 Å². The minimum Gasteiger partial charge on any atom is -0.494 e. The number of aromatic hydroxyl groups is 1. The van der Waals surface area contributed by atoms with Crippen LogP contribution in [0.3, 0.4) is 0 Å². The van der Waals surface area contributed by atoms with Crippen molar-refractivity contribution in [3.05, 3.63) is 35.1 Å². The molecule has 0 spiro atoms. The van der Waals surface area contributed by atoms with Gasteiger partial charge in [-0.1, -0.05) is 16.8 Å². The standard InChI is InChI=1S/C17H16ClN3O3/c1-8(9-2-3-9)21-7-11-4-10(5-12(18)15(11)17(21)23)14-6-13(16(19)22)20-24-14/h4-9,23H,2-3H2,1H3,(H2,19,22)/t8-/m0/s1. The lowest BCUT2D eigenvalue weighted by atomic mass is 10.1. The second kappa shape index (κ2) is 5.27. The van der Waals surface area contributed by atoms with Gasteiger partial charge in [-0.05, 0) is 37.8 Å². The van der Waals surface area contributed by atoms with E-state index in [1.54, 1.807) is 6.07 Å². The van der Waals surface area contributed by atoms with E-state index in [0.29, 0.717) is 27.7 Å². The van der Waals surface area contributed by atoms with Crippen molar-refractivity contribution in [2.45, 2.75) is 25.8 Å². The second-order valence-corrected chi connectivity index (χ2v) is 6.71. The fourth-order valence-corrected chi connectivity index (χ4v) is 3.40. The number of halogens is 1. The Morgan fingerprint density at radius 2 is 2.21 bits per heavy atom. The molecule has 1 aliphatic rings. The zero-order valence-electron chi connectivity index (χ0n) is 13.0. The molecule has 0 radical (unpaired) electrons. The summed E-state index contributed by atoms with van der Waals surface area (Å²) in [5.74, 6) is 0.522. The highest BCUT2D eigenvalue weighted by atomic mass is 35.5. The van der Waals surface area contributed by atoms with Gasteiger partial charge in [0, 0.05) is 29.3 Å². The number of carbonyl (C=O) groups excluding carboxylic acids is 1. The minimum atomic E-state index is -0.653. The Labute approximate surface area is 142 Å². The number of primary amides is 1. The lowest BCUT2D eigenvalue weighted by molar-refractivity contribution is 0.0991. The monoisotopic (exact) mass is 345 g/mol. The molecule has 2 aromatic heterocycles. The smallest absolute Gasteiger partial charge is 0.270 e. The Hall–Kier alpha value is -2.47. The van der Waals surface area contributed by atoms with Crippen molar-refractivity contribution in [2.24, 2.45) is 11.7 Å². The van der Waals surface area contributed by atoms with E-state index in [9.17, 15) is 9.90 Å². The summed E-state index contributed by atoms with van der Waals surface area (Å²) >= 11 is 6.37. The first kappa shape index (κ1) is 15.1. The Morgan fingerprint density at radius 3 is 2.83 bits per heavy atom. The van der Waals surface area contributed by atoms with E-state index in [1.165, 1.54) is 18.9 Å². The number of fused-ring (bicyclic) bond motifs is 1. The summed E-state index contributed by atoms with van der Waals surface area (Å²) in [6.45, 7) is 2.10. The van der Waals surface area contributed by atoms with Crippen LogP contribution >= 0.6 is 11.6 Å². The zero-order valence-corrected chi connectivity index (χ0v) is 13.7. The van der Waals surface area contributed by atoms with Gasteiger partial charge >= 0.3 is 0 Å². The highest BCUT2D eigenvalue weighted by molar-refractivity contribution is 6.36. The maximum absolute atomic E-state index is 11.2. The average Bonchev–Trinajstić information content (AvgIpc) is 3.16. The number of rotatable bonds is 4. The molecule has 6 nitrogen and oxygen atoms in total. The van der Waals surface area contributed by atoms with E-state index in [1.807, 2.05) is 16.8 Å². The molecule has 3 aromatic rings. The predicted molar refractivity (Wildman–Crippen MR) is 90.1 cm³/mol. The third-order valence-electron chi connectivity index (χ3n) is 4.66. The Morgan fingerprint density at radius 1 is 1.46 bits per heavy atom. The lowest BCUT2D eigenvalue weighted by Gasteiger charge is -2.13. The molecule has 0 aliphatic heterocycles. The number of hydrogen-bond acceptors (Lipinski definition) is 4. The van der Waals surface area contributed by atoms with Gasteiger partial charge in [0.1, 0.15) is 0 Å². The topological polar surface area (TPSA) is 94.3 Å². The number of nitrogens with zero attached hydrogens (tertiary/aromatic N) is 2. The first-order valence-corrected chi connectivity index (χ1v) is 8.13. The normalized spacial score (nSPS) is 15.8. The van der Waals surface area contributed by atoms with Gasteiger partial charge in [-0.2, -0.15) is 0 Å². The van der Waals surface area contributed by atoms with Gasteiger partial charge in [0.25, 0.3) is 5.91 Å². The summed E-state index contributed by atoms with van der Waals surface area (Å²) in [5, 5.41) is 16.0. The molecule has 4 rings (SSSR count). The summed E-state index contributed by atoms with van der Waals surface area (Å²) in [6, 6.07) is 5.23. The predicted octanol–water partition coefficient (Wildman–Crippen LogP) is 3.73. The van der Waals surface area contributed by atoms with Crippen LogP contribution in [-0.2, 0) is 0 Å². The van der Waals surface area contributed by atoms with Gasteiger partial charge in [0.15, 0.2) is 11.5 Å². The SMILES string of the molecule is C[C@@H](C1CC1)n1cc2cc(-c3cc(C(N)=O)no3)cc(Cl)c2c1O. The molecule has 7 heteroatoms. The number of amides is 1. The van der Waals surface area contributed by atoms with Crippen molar-refractivity contribution in [3.8, 4) is 17.2 Å². The Balaban J connectivity index is 1.82. The number of hydrogen-bond donors (Lipinski definition) is 2. The zero-order chi connectivity index (χ0) is 17.0.